The zero-order chi connectivity index (χ0) is 13.7. The van der Waals surface area contributed by atoms with Crippen molar-refractivity contribution in [1.29, 1.82) is 0 Å². The predicted octanol–water partition coefficient (Wildman–Crippen LogP) is 3.91. The molecule has 0 amide bonds. The number of ether oxygens (including phenoxy) is 1. The van der Waals surface area contributed by atoms with E-state index in [1.54, 1.807) is 17.4 Å². The summed E-state index contributed by atoms with van der Waals surface area (Å²) in [6.07, 6.45) is 0.941. The van der Waals surface area contributed by atoms with Crippen LogP contribution in [0.4, 0.5) is 9.52 Å². The van der Waals surface area contributed by atoms with Crippen LogP contribution in [-0.2, 0) is 4.74 Å². The molecule has 0 aliphatic carbocycles. The number of halogens is 1. The number of nitrogens with zero attached hydrogens (tertiary/aromatic N) is 1. The summed E-state index contributed by atoms with van der Waals surface area (Å²) >= 11 is 1.54. The second-order valence-electron chi connectivity index (χ2n) is 4.88. The van der Waals surface area contributed by atoms with Crippen molar-refractivity contribution in [3.05, 3.63) is 24.0 Å². The number of aromatic nitrogens is 1. The summed E-state index contributed by atoms with van der Waals surface area (Å²) in [6, 6.07) is 4.69. The van der Waals surface area contributed by atoms with Crippen LogP contribution in [0.5, 0.6) is 0 Å². The first kappa shape index (κ1) is 14.2. The minimum atomic E-state index is -0.244. The number of hydrogen-bond acceptors (Lipinski definition) is 4. The van der Waals surface area contributed by atoms with Crippen LogP contribution in [-0.4, -0.2) is 24.7 Å². The van der Waals surface area contributed by atoms with Crippen LogP contribution in [0, 0.1) is 11.7 Å². The lowest BCUT2D eigenvalue weighted by Gasteiger charge is -2.06. The Kier molecular flexibility index (Phi) is 5.10. The second-order valence-corrected chi connectivity index (χ2v) is 5.91. The van der Waals surface area contributed by atoms with E-state index in [9.17, 15) is 4.39 Å². The lowest BCUT2D eigenvalue weighted by atomic mass is 10.2. The minimum Gasteiger partial charge on any atom is -0.381 e. The Morgan fingerprint density at radius 2 is 2.26 bits per heavy atom. The first-order valence-corrected chi connectivity index (χ1v) is 7.34. The van der Waals surface area contributed by atoms with E-state index >= 15 is 0 Å². The molecule has 0 bridgehead atoms. The molecular weight excluding hydrogens is 263 g/mol. The van der Waals surface area contributed by atoms with Gasteiger partial charge in [0.25, 0.3) is 0 Å². The first-order chi connectivity index (χ1) is 9.15. The number of benzene rings is 1. The van der Waals surface area contributed by atoms with Crippen molar-refractivity contribution in [2.75, 3.05) is 25.1 Å². The van der Waals surface area contributed by atoms with E-state index in [0.29, 0.717) is 11.4 Å². The molecular formula is C14H19FN2OS. The van der Waals surface area contributed by atoms with E-state index in [1.807, 2.05) is 0 Å². The highest BCUT2D eigenvalue weighted by Crippen LogP contribution is 2.26. The molecule has 2 rings (SSSR count). The third-order valence-electron chi connectivity index (χ3n) is 2.54. The normalized spacial score (nSPS) is 11.4. The molecule has 0 radical (unpaired) electrons. The lowest BCUT2D eigenvalue weighted by molar-refractivity contribution is 0.110. The van der Waals surface area contributed by atoms with Crippen molar-refractivity contribution in [3.63, 3.8) is 0 Å². The van der Waals surface area contributed by atoms with Gasteiger partial charge < -0.3 is 10.1 Å². The summed E-state index contributed by atoms with van der Waals surface area (Å²) in [6.45, 7) is 6.66. The van der Waals surface area contributed by atoms with Crippen molar-refractivity contribution in [2.45, 2.75) is 20.3 Å². The summed E-state index contributed by atoms with van der Waals surface area (Å²) in [4.78, 5) is 4.35. The number of nitrogens with one attached hydrogen (secondary N) is 1. The molecule has 1 aromatic carbocycles. The molecule has 0 unspecified atom stereocenters. The second kappa shape index (κ2) is 6.82. The Bertz CT molecular complexity index is 527. The van der Waals surface area contributed by atoms with Gasteiger partial charge in [0, 0.05) is 25.8 Å². The van der Waals surface area contributed by atoms with Gasteiger partial charge in [0.15, 0.2) is 5.13 Å². The highest BCUT2D eigenvalue weighted by Gasteiger charge is 2.04. The highest BCUT2D eigenvalue weighted by atomic mass is 32.1. The van der Waals surface area contributed by atoms with Crippen LogP contribution in [0.15, 0.2) is 18.2 Å². The van der Waals surface area contributed by atoms with E-state index < -0.39 is 0 Å². The average Bonchev–Trinajstić information content (AvgIpc) is 2.75. The van der Waals surface area contributed by atoms with Crippen molar-refractivity contribution in [3.8, 4) is 0 Å². The Balaban J connectivity index is 1.75. The average molecular weight is 282 g/mol. The SMILES string of the molecule is CC(C)COCCCNc1nc2cc(F)ccc2s1. The maximum absolute atomic E-state index is 13.0. The Morgan fingerprint density at radius 3 is 3.05 bits per heavy atom. The van der Waals surface area contributed by atoms with Crippen molar-refractivity contribution < 1.29 is 9.13 Å². The molecule has 5 heteroatoms. The van der Waals surface area contributed by atoms with Crippen LogP contribution < -0.4 is 5.32 Å². The summed E-state index contributed by atoms with van der Waals surface area (Å²) in [7, 11) is 0. The summed E-state index contributed by atoms with van der Waals surface area (Å²) in [5.41, 5.74) is 0.712. The van der Waals surface area contributed by atoms with Gasteiger partial charge >= 0.3 is 0 Å². The van der Waals surface area contributed by atoms with E-state index in [2.05, 4.69) is 24.1 Å². The maximum Gasteiger partial charge on any atom is 0.183 e. The fraction of sp³-hybridized carbons (Fsp3) is 0.500. The van der Waals surface area contributed by atoms with Crippen LogP contribution in [0.1, 0.15) is 20.3 Å². The molecule has 3 nitrogen and oxygen atoms in total. The van der Waals surface area contributed by atoms with Crippen LogP contribution in [0.25, 0.3) is 10.2 Å². The molecule has 0 fully saturated rings. The van der Waals surface area contributed by atoms with E-state index in [4.69, 9.17) is 4.74 Å². The highest BCUT2D eigenvalue weighted by molar-refractivity contribution is 7.22. The van der Waals surface area contributed by atoms with Gasteiger partial charge in [-0.3, -0.25) is 0 Å². The first-order valence-electron chi connectivity index (χ1n) is 6.53. The zero-order valence-electron chi connectivity index (χ0n) is 11.3. The maximum atomic E-state index is 13.0. The Hall–Kier alpha value is -1.20. The third kappa shape index (κ3) is 4.44. The van der Waals surface area contributed by atoms with Crippen LogP contribution in [0.2, 0.25) is 0 Å². The number of anilines is 1. The summed E-state index contributed by atoms with van der Waals surface area (Å²) in [5.74, 6) is 0.332. The van der Waals surface area contributed by atoms with Crippen LogP contribution in [0.3, 0.4) is 0 Å². The molecule has 0 spiro atoms. The Morgan fingerprint density at radius 1 is 1.42 bits per heavy atom. The molecule has 104 valence electrons. The molecule has 1 aromatic heterocycles. The number of fused-ring (bicyclic) bond motifs is 1. The molecule has 0 atom stereocenters. The predicted molar refractivity (Wildman–Crippen MR) is 78.3 cm³/mol. The van der Waals surface area contributed by atoms with Gasteiger partial charge in [-0.05, 0) is 24.5 Å². The Labute approximate surface area is 116 Å². The monoisotopic (exact) mass is 282 g/mol. The van der Waals surface area contributed by atoms with Gasteiger partial charge in [0.2, 0.25) is 0 Å². The molecule has 1 heterocycles. The van der Waals surface area contributed by atoms with Gasteiger partial charge in [-0.15, -0.1) is 0 Å². The molecule has 0 aliphatic rings. The lowest BCUT2D eigenvalue weighted by Crippen LogP contribution is -2.08. The fourth-order valence-corrected chi connectivity index (χ4v) is 2.54. The number of hydrogen-bond donors (Lipinski definition) is 1. The van der Waals surface area contributed by atoms with E-state index in [-0.39, 0.29) is 5.82 Å². The molecule has 2 aromatic rings. The van der Waals surface area contributed by atoms with Gasteiger partial charge in [-0.25, -0.2) is 9.37 Å². The van der Waals surface area contributed by atoms with E-state index in [1.165, 1.54) is 12.1 Å². The molecule has 0 aliphatic heterocycles. The molecule has 1 N–H and O–H groups in total. The largest absolute Gasteiger partial charge is 0.381 e. The third-order valence-corrected chi connectivity index (χ3v) is 3.54. The van der Waals surface area contributed by atoms with Gasteiger partial charge in [-0.2, -0.15) is 0 Å². The number of rotatable bonds is 7. The van der Waals surface area contributed by atoms with Crippen molar-refractivity contribution in [2.24, 2.45) is 5.92 Å². The molecule has 0 saturated carbocycles. The van der Waals surface area contributed by atoms with Gasteiger partial charge in [0.1, 0.15) is 5.82 Å². The van der Waals surface area contributed by atoms with Crippen molar-refractivity contribution in [1.82, 2.24) is 4.98 Å². The smallest absolute Gasteiger partial charge is 0.183 e. The zero-order valence-corrected chi connectivity index (χ0v) is 12.1. The van der Waals surface area contributed by atoms with Gasteiger partial charge in [-0.1, -0.05) is 25.2 Å². The standard InChI is InChI=1S/C14H19FN2OS/c1-10(2)9-18-7-3-6-16-14-17-12-8-11(15)4-5-13(12)19-14/h4-5,8,10H,3,6-7,9H2,1-2H3,(H,16,17). The van der Waals surface area contributed by atoms with E-state index in [0.717, 1.165) is 36.0 Å². The number of thiazole rings is 1. The topological polar surface area (TPSA) is 34.1 Å². The quantitative estimate of drug-likeness (QED) is 0.782. The molecule has 0 saturated heterocycles. The van der Waals surface area contributed by atoms with Gasteiger partial charge in [0.05, 0.1) is 10.2 Å². The van der Waals surface area contributed by atoms with Crippen molar-refractivity contribution >= 4 is 26.7 Å². The van der Waals surface area contributed by atoms with Crippen LogP contribution >= 0.6 is 11.3 Å². The minimum absolute atomic E-state index is 0.244. The summed E-state index contributed by atoms with van der Waals surface area (Å²) in [5, 5.41) is 4.08. The summed E-state index contributed by atoms with van der Waals surface area (Å²) < 4.78 is 19.5. The fourth-order valence-electron chi connectivity index (χ4n) is 1.66. The molecule has 19 heavy (non-hydrogen) atoms.